The summed E-state index contributed by atoms with van der Waals surface area (Å²) in [5.74, 6) is 0. The monoisotopic (exact) mass is 266 g/mol. The smallest absolute Gasteiger partial charge is 0.207 e. The maximum absolute atomic E-state index is 10.9. The number of fused-ring (bicyclic) bond motifs is 1. The maximum atomic E-state index is 10.9. The third-order valence-corrected chi connectivity index (χ3v) is 4.07. The number of nitrogens with zero attached hydrogens (tertiary/aromatic N) is 1. The fourth-order valence-corrected chi connectivity index (χ4v) is 3.05. The zero-order chi connectivity index (χ0) is 13.9. The van der Waals surface area contributed by atoms with E-state index in [0.29, 0.717) is 0 Å². The first-order valence-corrected chi connectivity index (χ1v) is 6.87. The Morgan fingerprint density at radius 2 is 1.80 bits per heavy atom. The first-order valence-electron chi connectivity index (χ1n) is 6.87. The highest BCUT2D eigenvalue weighted by Crippen LogP contribution is 2.42. The van der Waals surface area contributed by atoms with Crippen LogP contribution in [-0.2, 0) is 4.79 Å². The summed E-state index contributed by atoms with van der Waals surface area (Å²) in [6.45, 7) is 0. The van der Waals surface area contributed by atoms with Crippen LogP contribution in [0, 0.1) is 0 Å². The number of carbonyl (C=O) groups is 1. The summed E-state index contributed by atoms with van der Waals surface area (Å²) >= 11 is 0. The Labute approximate surface area is 119 Å². The fourth-order valence-electron chi connectivity index (χ4n) is 3.05. The van der Waals surface area contributed by atoms with Gasteiger partial charge in [0.1, 0.15) is 0 Å². The minimum atomic E-state index is 0.0742. The molecule has 20 heavy (non-hydrogen) atoms. The molecule has 0 bridgehead atoms. The molecule has 2 unspecified atom stereocenters. The van der Waals surface area contributed by atoms with Crippen LogP contribution in [0.15, 0.2) is 54.6 Å². The van der Waals surface area contributed by atoms with Crippen LogP contribution in [0.1, 0.15) is 29.6 Å². The molecule has 2 atom stereocenters. The van der Waals surface area contributed by atoms with Crippen molar-refractivity contribution in [1.29, 1.82) is 0 Å². The van der Waals surface area contributed by atoms with E-state index in [1.54, 1.807) is 0 Å². The van der Waals surface area contributed by atoms with Gasteiger partial charge >= 0.3 is 0 Å². The Bertz CT molecular complexity index is 597. The number of hydrogen-bond acceptors (Lipinski definition) is 2. The second-order valence-electron chi connectivity index (χ2n) is 5.17. The molecule has 1 aliphatic heterocycles. The van der Waals surface area contributed by atoms with Crippen LogP contribution in [0.2, 0.25) is 0 Å². The van der Waals surface area contributed by atoms with Crippen molar-refractivity contribution in [2.45, 2.75) is 18.5 Å². The van der Waals surface area contributed by atoms with E-state index in [-0.39, 0.29) is 12.1 Å². The highest BCUT2D eigenvalue weighted by atomic mass is 16.1. The van der Waals surface area contributed by atoms with E-state index in [0.717, 1.165) is 12.8 Å². The largest absolute Gasteiger partial charge is 0.367 e. The standard InChI is InChI=1S/C17H18N2O/c1-19-16-10-6-5-9-14(16)15(18-12-20)11-17(19)13-7-3-2-4-8-13/h2-10,12,15,17H,11H2,1H3,(H,18,20). The van der Waals surface area contributed by atoms with Gasteiger partial charge in [-0.25, -0.2) is 0 Å². The van der Waals surface area contributed by atoms with Gasteiger partial charge in [-0.3, -0.25) is 4.79 Å². The van der Waals surface area contributed by atoms with Gasteiger partial charge in [0.05, 0.1) is 12.1 Å². The molecule has 3 nitrogen and oxygen atoms in total. The van der Waals surface area contributed by atoms with E-state index in [1.165, 1.54) is 16.8 Å². The molecule has 0 fully saturated rings. The summed E-state index contributed by atoms with van der Waals surface area (Å²) in [7, 11) is 2.12. The lowest BCUT2D eigenvalue weighted by Crippen LogP contribution is -2.35. The van der Waals surface area contributed by atoms with E-state index in [2.05, 4.69) is 53.7 Å². The van der Waals surface area contributed by atoms with Gasteiger partial charge in [-0.15, -0.1) is 0 Å². The van der Waals surface area contributed by atoms with Crippen LogP contribution in [0.25, 0.3) is 0 Å². The number of carbonyl (C=O) groups excluding carboxylic acids is 1. The first-order chi connectivity index (χ1) is 9.81. The van der Waals surface area contributed by atoms with Gasteiger partial charge in [-0.05, 0) is 23.6 Å². The number of anilines is 1. The average molecular weight is 266 g/mol. The lowest BCUT2D eigenvalue weighted by molar-refractivity contribution is -0.110. The number of hydrogen-bond donors (Lipinski definition) is 1. The van der Waals surface area contributed by atoms with E-state index in [4.69, 9.17) is 0 Å². The Balaban J connectivity index is 2.02. The molecular formula is C17H18N2O. The quantitative estimate of drug-likeness (QED) is 0.866. The first kappa shape index (κ1) is 12.7. The molecule has 0 aliphatic carbocycles. The molecule has 2 aromatic carbocycles. The molecule has 0 aromatic heterocycles. The average Bonchev–Trinajstić information content (AvgIpc) is 2.51. The van der Waals surface area contributed by atoms with Crippen molar-refractivity contribution in [2.24, 2.45) is 0 Å². The SMILES string of the molecule is CN1c2ccccc2C(NC=O)CC1c1ccccc1. The molecule has 3 rings (SSSR count). The topological polar surface area (TPSA) is 32.3 Å². The molecule has 1 aliphatic rings. The zero-order valence-electron chi connectivity index (χ0n) is 11.5. The van der Waals surface area contributed by atoms with Gasteiger partial charge in [-0.1, -0.05) is 48.5 Å². The van der Waals surface area contributed by atoms with Crippen LogP contribution in [-0.4, -0.2) is 13.5 Å². The predicted octanol–water partition coefficient (Wildman–Crippen LogP) is 3.05. The van der Waals surface area contributed by atoms with Crippen molar-refractivity contribution in [1.82, 2.24) is 5.32 Å². The molecule has 2 aromatic rings. The summed E-state index contributed by atoms with van der Waals surface area (Å²) in [6.07, 6.45) is 1.69. The lowest BCUT2D eigenvalue weighted by Gasteiger charge is -2.40. The van der Waals surface area contributed by atoms with E-state index >= 15 is 0 Å². The van der Waals surface area contributed by atoms with Crippen molar-refractivity contribution >= 4 is 12.1 Å². The van der Waals surface area contributed by atoms with Gasteiger partial charge < -0.3 is 10.2 Å². The predicted molar refractivity (Wildman–Crippen MR) is 80.6 cm³/mol. The molecular weight excluding hydrogens is 248 g/mol. The van der Waals surface area contributed by atoms with Gasteiger partial charge in [0.15, 0.2) is 0 Å². The molecule has 3 heteroatoms. The van der Waals surface area contributed by atoms with Crippen molar-refractivity contribution in [3.05, 3.63) is 65.7 Å². The van der Waals surface area contributed by atoms with Crippen molar-refractivity contribution in [2.75, 3.05) is 11.9 Å². The zero-order valence-corrected chi connectivity index (χ0v) is 11.5. The Hall–Kier alpha value is -2.29. The van der Waals surface area contributed by atoms with Crippen LogP contribution in [0.3, 0.4) is 0 Å². The molecule has 0 radical (unpaired) electrons. The number of benzene rings is 2. The molecule has 1 heterocycles. The number of para-hydroxylation sites is 1. The maximum Gasteiger partial charge on any atom is 0.207 e. The van der Waals surface area contributed by atoms with E-state index in [1.807, 2.05) is 18.2 Å². The van der Waals surface area contributed by atoms with Crippen LogP contribution in [0.4, 0.5) is 5.69 Å². The fraction of sp³-hybridized carbons (Fsp3) is 0.235. The normalized spacial score (nSPS) is 21.1. The minimum Gasteiger partial charge on any atom is -0.367 e. The van der Waals surface area contributed by atoms with Crippen LogP contribution in [0.5, 0.6) is 0 Å². The van der Waals surface area contributed by atoms with Crippen LogP contribution >= 0.6 is 0 Å². The van der Waals surface area contributed by atoms with Crippen molar-refractivity contribution in [3.8, 4) is 0 Å². The highest BCUT2D eigenvalue weighted by Gasteiger charge is 2.30. The minimum absolute atomic E-state index is 0.0742. The molecule has 1 amide bonds. The van der Waals surface area contributed by atoms with Gasteiger partial charge in [0, 0.05) is 12.7 Å². The highest BCUT2D eigenvalue weighted by molar-refractivity contribution is 5.60. The Kier molecular flexibility index (Phi) is 3.42. The van der Waals surface area contributed by atoms with Crippen LogP contribution < -0.4 is 10.2 Å². The summed E-state index contributed by atoms with van der Waals surface area (Å²) in [4.78, 5) is 13.2. The Morgan fingerprint density at radius 3 is 2.55 bits per heavy atom. The summed E-state index contributed by atoms with van der Waals surface area (Å²) in [5.41, 5.74) is 3.66. The molecule has 0 saturated carbocycles. The van der Waals surface area contributed by atoms with Crippen molar-refractivity contribution < 1.29 is 4.79 Å². The summed E-state index contributed by atoms with van der Waals surface area (Å²) in [6, 6.07) is 19.1. The second kappa shape index (κ2) is 5.37. The summed E-state index contributed by atoms with van der Waals surface area (Å²) in [5, 5.41) is 2.95. The number of amides is 1. The second-order valence-corrected chi connectivity index (χ2v) is 5.17. The lowest BCUT2D eigenvalue weighted by atomic mass is 9.88. The summed E-state index contributed by atoms with van der Waals surface area (Å²) < 4.78 is 0. The van der Waals surface area contributed by atoms with E-state index in [9.17, 15) is 4.79 Å². The van der Waals surface area contributed by atoms with E-state index < -0.39 is 0 Å². The van der Waals surface area contributed by atoms with Gasteiger partial charge in [-0.2, -0.15) is 0 Å². The molecule has 0 saturated heterocycles. The number of nitrogens with one attached hydrogen (secondary N) is 1. The molecule has 1 N–H and O–H groups in total. The van der Waals surface area contributed by atoms with Gasteiger partial charge in [0.2, 0.25) is 6.41 Å². The van der Waals surface area contributed by atoms with Crippen molar-refractivity contribution in [3.63, 3.8) is 0 Å². The molecule has 0 spiro atoms. The molecule has 102 valence electrons. The third kappa shape index (κ3) is 2.16. The third-order valence-electron chi connectivity index (χ3n) is 4.07. The van der Waals surface area contributed by atoms with Gasteiger partial charge in [0.25, 0.3) is 0 Å². The number of rotatable bonds is 3. The Morgan fingerprint density at radius 1 is 1.10 bits per heavy atom.